The van der Waals surface area contributed by atoms with E-state index in [9.17, 15) is 0 Å². The van der Waals surface area contributed by atoms with Crippen molar-refractivity contribution >= 4 is 22.7 Å². The maximum atomic E-state index is 4.82. The van der Waals surface area contributed by atoms with Crippen LogP contribution in [0, 0.1) is 0 Å². The number of anilines is 2. The van der Waals surface area contributed by atoms with Crippen LogP contribution in [0.5, 0.6) is 0 Å². The van der Waals surface area contributed by atoms with Crippen molar-refractivity contribution in [1.29, 1.82) is 0 Å². The number of hydrogen-bond acceptors (Lipinski definition) is 4. The third-order valence-corrected chi connectivity index (χ3v) is 3.84. The smallest absolute Gasteiger partial charge is 0.225 e. The summed E-state index contributed by atoms with van der Waals surface area (Å²) in [5.74, 6) is 1.86. The molecule has 1 heterocycles. The Hall–Kier alpha value is -1.84. The lowest BCUT2D eigenvalue weighted by Crippen LogP contribution is -2.28. The number of benzene rings is 1. The summed E-state index contributed by atoms with van der Waals surface area (Å²) in [5.41, 5.74) is 1.03. The SMILES string of the molecule is CCCNc1nc(N(CCC)C2CC2)c2ccccc2n1. The van der Waals surface area contributed by atoms with Gasteiger partial charge in [0.1, 0.15) is 5.82 Å². The summed E-state index contributed by atoms with van der Waals surface area (Å²) in [6.45, 7) is 6.37. The van der Waals surface area contributed by atoms with E-state index in [2.05, 4.69) is 47.2 Å². The third kappa shape index (κ3) is 3.09. The average molecular weight is 284 g/mol. The standard InChI is InChI=1S/C17H24N4/c1-3-11-18-17-19-15-8-6-5-7-14(15)16(20-17)21(12-4-2)13-9-10-13/h5-8,13H,3-4,9-12H2,1-2H3,(H,18,19,20). The van der Waals surface area contributed by atoms with E-state index in [1.165, 1.54) is 18.2 Å². The lowest BCUT2D eigenvalue weighted by atomic mass is 10.2. The molecule has 1 aromatic carbocycles. The molecule has 4 nitrogen and oxygen atoms in total. The van der Waals surface area contributed by atoms with Gasteiger partial charge >= 0.3 is 0 Å². The summed E-state index contributed by atoms with van der Waals surface area (Å²) < 4.78 is 0. The first-order valence-electron chi connectivity index (χ1n) is 8.10. The Bertz CT molecular complexity index is 607. The van der Waals surface area contributed by atoms with Gasteiger partial charge in [-0.15, -0.1) is 0 Å². The topological polar surface area (TPSA) is 41.1 Å². The van der Waals surface area contributed by atoms with E-state index in [4.69, 9.17) is 4.98 Å². The highest BCUT2D eigenvalue weighted by Crippen LogP contribution is 2.34. The van der Waals surface area contributed by atoms with Gasteiger partial charge in [-0.1, -0.05) is 26.0 Å². The second-order valence-electron chi connectivity index (χ2n) is 5.74. The summed E-state index contributed by atoms with van der Waals surface area (Å²) in [6.07, 6.45) is 4.80. The highest BCUT2D eigenvalue weighted by molar-refractivity contribution is 5.90. The molecule has 4 heteroatoms. The molecule has 0 amide bonds. The molecular weight excluding hydrogens is 260 g/mol. The first-order valence-corrected chi connectivity index (χ1v) is 8.10. The molecule has 1 saturated carbocycles. The Morgan fingerprint density at radius 3 is 2.67 bits per heavy atom. The summed E-state index contributed by atoms with van der Waals surface area (Å²) in [4.78, 5) is 11.9. The van der Waals surface area contributed by atoms with Crippen molar-refractivity contribution in [1.82, 2.24) is 9.97 Å². The van der Waals surface area contributed by atoms with Gasteiger partial charge in [0.25, 0.3) is 0 Å². The summed E-state index contributed by atoms with van der Waals surface area (Å²) >= 11 is 0. The van der Waals surface area contributed by atoms with Gasteiger partial charge in [0.05, 0.1) is 5.52 Å². The molecule has 3 rings (SSSR count). The van der Waals surface area contributed by atoms with Crippen LogP contribution >= 0.6 is 0 Å². The van der Waals surface area contributed by atoms with Gasteiger partial charge in [-0.3, -0.25) is 0 Å². The quantitative estimate of drug-likeness (QED) is 0.839. The van der Waals surface area contributed by atoms with Gasteiger partial charge < -0.3 is 10.2 Å². The lowest BCUT2D eigenvalue weighted by Gasteiger charge is -2.24. The van der Waals surface area contributed by atoms with Crippen LogP contribution in [0.3, 0.4) is 0 Å². The van der Waals surface area contributed by atoms with Crippen LogP contribution in [0.4, 0.5) is 11.8 Å². The molecule has 21 heavy (non-hydrogen) atoms. The van der Waals surface area contributed by atoms with E-state index in [1.54, 1.807) is 0 Å². The number of fused-ring (bicyclic) bond motifs is 1. The van der Waals surface area contributed by atoms with Crippen molar-refractivity contribution in [2.24, 2.45) is 0 Å². The van der Waals surface area contributed by atoms with Gasteiger partial charge in [0.2, 0.25) is 5.95 Å². The van der Waals surface area contributed by atoms with Gasteiger partial charge in [0.15, 0.2) is 0 Å². The van der Waals surface area contributed by atoms with E-state index >= 15 is 0 Å². The van der Waals surface area contributed by atoms with Crippen LogP contribution in [-0.4, -0.2) is 29.1 Å². The fraction of sp³-hybridized carbons (Fsp3) is 0.529. The van der Waals surface area contributed by atoms with Gasteiger partial charge in [0, 0.05) is 24.5 Å². The van der Waals surface area contributed by atoms with E-state index < -0.39 is 0 Å². The first-order chi connectivity index (χ1) is 10.3. The lowest BCUT2D eigenvalue weighted by molar-refractivity contribution is 0.753. The number of rotatable bonds is 7. The van der Waals surface area contributed by atoms with Crippen molar-refractivity contribution < 1.29 is 0 Å². The predicted octanol–water partition coefficient (Wildman–Crippen LogP) is 3.83. The molecule has 0 unspecified atom stereocenters. The largest absolute Gasteiger partial charge is 0.354 e. The van der Waals surface area contributed by atoms with E-state index in [1.807, 2.05) is 6.07 Å². The van der Waals surface area contributed by atoms with Crippen LogP contribution in [0.15, 0.2) is 24.3 Å². The van der Waals surface area contributed by atoms with Crippen LogP contribution in [-0.2, 0) is 0 Å². The molecule has 0 spiro atoms. The molecule has 112 valence electrons. The average Bonchev–Trinajstić information content (AvgIpc) is 3.34. The molecule has 0 bridgehead atoms. The molecule has 2 aromatic rings. The molecule has 1 aromatic heterocycles. The molecule has 0 aliphatic heterocycles. The van der Waals surface area contributed by atoms with Crippen LogP contribution < -0.4 is 10.2 Å². The highest BCUT2D eigenvalue weighted by Gasteiger charge is 2.30. The zero-order valence-corrected chi connectivity index (χ0v) is 13.0. The number of hydrogen-bond donors (Lipinski definition) is 1. The zero-order valence-electron chi connectivity index (χ0n) is 13.0. The van der Waals surface area contributed by atoms with Crippen LogP contribution in [0.1, 0.15) is 39.5 Å². The first kappa shape index (κ1) is 14.1. The second-order valence-corrected chi connectivity index (χ2v) is 5.74. The maximum absolute atomic E-state index is 4.82. The Balaban J connectivity index is 2.04. The number of nitrogens with zero attached hydrogens (tertiary/aromatic N) is 3. The van der Waals surface area contributed by atoms with E-state index in [0.29, 0.717) is 6.04 Å². The molecule has 0 radical (unpaired) electrons. The number of para-hydroxylation sites is 1. The number of aromatic nitrogens is 2. The van der Waals surface area contributed by atoms with Crippen LogP contribution in [0.2, 0.25) is 0 Å². The normalized spacial score (nSPS) is 14.4. The van der Waals surface area contributed by atoms with Gasteiger partial charge in [-0.05, 0) is 37.8 Å². The highest BCUT2D eigenvalue weighted by atomic mass is 15.3. The molecular formula is C17H24N4. The molecule has 1 aliphatic rings. The zero-order chi connectivity index (χ0) is 14.7. The summed E-state index contributed by atoms with van der Waals surface area (Å²) in [6, 6.07) is 9.01. The molecule has 0 saturated heterocycles. The molecule has 1 N–H and O–H groups in total. The minimum atomic E-state index is 0.669. The molecule has 0 atom stereocenters. The molecule has 1 fully saturated rings. The second kappa shape index (κ2) is 6.29. The van der Waals surface area contributed by atoms with Crippen molar-refractivity contribution in [3.8, 4) is 0 Å². The fourth-order valence-electron chi connectivity index (χ4n) is 2.68. The summed E-state index contributed by atoms with van der Waals surface area (Å²) in [5, 5.41) is 4.50. The summed E-state index contributed by atoms with van der Waals surface area (Å²) in [7, 11) is 0. The van der Waals surface area contributed by atoms with Crippen LogP contribution in [0.25, 0.3) is 10.9 Å². The Morgan fingerprint density at radius 2 is 1.95 bits per heavy atom. The third-order valence-electron chi connectivity index (χ3n) is 3.84. The Morgan fingerprint density at radius 1 is 1.14 bits per heavy atom. The Kier molecular flexibility index (Phi) is 4.23. The minimum absolute atomic E-state index is 0.669. The fourth-order valence-corrected chi connectivity index (χ4v) is 2.68. The van der Waals surface area contributed by atoms with Crippen molar-refractivity contribution in [2.75, 3.05) is 23.3 Å². The van der Waals surface area contributed by atoms with Crippen molar-refractivity contribution in [3.63, 3.8) is 0 Å². The maximum Gasteiger partial charge on any atom is 0.225 e. The minimum Gasteiger partial charge on any atom is -0.354 e. The monoisotopic (exact) mass is 284 g/mol. The number of nitrogens with one attached hydrogen (secondary N) is 1. The van der Waals surface area contributed by atoms with Crippen molar-refractivity contribution in [2.45, 2.75) is 45.6 Å². The van der Waals surface area contributed by atoms with E-state index in [-0.39, 0.29) is 0 Å². The van der Waals surface area contributed by atoms with Gasteiger partial charge in [-0.25, -0.2) is 4.98 Å². The Labute approximate surface area is 126 Å². The van der Waals surface area contributed by atoms with Crippen molar-refractivity contribution in [3.05, 3.63) is 24.3 Å². The molecule has 1 aliphatic carbocycles. The van der Waals surface area contributed by atoms with E-state index in [0.717, 1.165) is 43.2 Å². The van der Waals surface area contributed by atoms with Gasteiger partial charge in [-0.2, -0.15) is 4.98 Å². The predicted molar refractivity (Wildman–Crippen MR) is 89.0 cm³/mol.